The molecule has 12 nitrogen and oxygen atoms in total. The van der Waals surface area contributed by atoms with Crippen molar-refractivity contribution in [1.82, 2.24) is 24.6 Å². The SMILES string of the molecule is COC(=O)Cn1c(C(=O)N2CCN(C(=O)[C@@H](NC(=O)[C@H](C)N(C)C(=O)OC(C)(C)C)C3CCCCC3)C[C@@H]2C)cc2cc(F)c(F)cc21. The number of ether oxygens (including phenoxy) is 2. The van der Waals surface area contributed by atoms with E-state index in [0.29, 0.717) is 0 Å². The number of carbonyl (C=O) groups is 5. The van der Waals surface area contributed by atoms with Gasteiger partial charge in [-0.05, 0) is 65.5 Å². The van der Waals surface area contributed by atoms with Gasteiger partial charge in [-0.3, -0.25) is 24.1 Å². The zero-order chi connectivity index (χ0) is 35.5. The number of nitrogens with one attached hydrogen (secondary N) is 1. The summed E-state index contributed by atoms with van der Waals surface area (Å²) < 4.78 is 39.7. The summed E-state index contributed by atoms with van der Waals surface area (Å²) in [6.07, 6.45) is 3.81. The fourth-order valence-corrected chi connectivity index (χ4v) is 6.39. The van der Waals surface area contributed by atoms with E-state index in [4.69, 9.17) is 9.47 Å². The van der Waals surface area contributed by atoms with Crippen molar-refractivity contribution in [3.63, 3.8) is 0 Å². The molecule has 2 aromatic rings. The summed E-state index contributed by atoms with van der Waals surface area (Å²) in [5.41, 5.74) is -0.514. The molecule has 0 radical (unpaired) electrons. The summed E-state index contributed by atoms with van der Waals surface area (Å²) >= 11 is 0. The van der Waals surface area contributed by atoms with Gasteiger partial charge in [0.2, 0.25) is 11.8 Å². The molecule has 1 aliphatic heterocycles. The van der Waals surface area contributed by atoms with Crippen LogP contribution in [-0.4, -0.2) is 107 Å². The Labute approximate surface area is 279 Å². The van der Waals surface area contributed by atoms with E-state index in [9.17, 15) is 32.8 Å². The molecule has 4 amide bonds. The molecule has 0 unspecified atom stereocenters. The molecule has 2 aliphatic rings. The molecule has 14 heteroatoms. The Morgan fingerprint density at radius 2 is 1.67 bits per heavy atom. The number of nitrogens with zero attached hydrogens (tertiary/aromatic N) is 4. The first kappa shape index (κ1) is 36.6. The average molecular weight is 676 g/mol. The highest BCUT2D eigenvalue weighted by Crippen LogP contribution is 2.29. The van der Waals surface area contributed by atoms with E-state index in [0.717, 1.165) is 44.2 Å². The highest BCUT2D eigenvalue weighted by molar-refractivity contribution is 6.00. The number of fused-ring (bicyclic) bond motifs is 1. The van der Waals surface area contributed by atoms with Crippen LogP contribution in [0.4, 0.5) is 13.6 Å². The molecule has 0 spiro atoms. The summed E-state index contributed by atoms with van der Waals surface area (Å²) in [5.74, 6) is -4.14. The van der Waals surface area contributed by atoms with Crippen LogP contribution in [0.2, 0.25) is 0 Å². The molecule has 48 heavy (non-hydrogen) atoms. The van der Waals surface area contributed by atoms with Crippen LogP contribution in [0.3, 0.4) is 0 Å². The first-order valence-electron chi connectivity index (χ1n) is 16.4. The third-order valence-corrected chi connectivity index (χ3v) is 9.20. The number of methoxy groups -OCH3 is 1. The van der Waals surface area contributed by atoms with Crippen molar-refractivity contribution in [3.05, 3.63) is 35.5 Å². The number of piperazine rings is 1. The zero-order valence-electron chi connectivity index (χ0n) is 28.8. The van der Waals surface area contributed by atoms with Crippen LogP contribution in [-0.2, 0) is 30.4 Å². The molecular formula is C34H47F2N5O7. The predicted molar refractivity (Wildman–Crippen MR) is 173 cm³/mol. The number of amides is 4. The maximum absolute atomic E-state index is 14.2. The van der Waals surface area contributed by atoms with Gasteiger partial charge >= 0.3 is 12.1 Å². The number of hydrogen-bond donors (Lipinski definition) is 1. The van der Waals surface area contributed by atoms with Gasteiger partial charge in [-0.25, -0.2) is 13.6 Å². The van der Waals surface area contributed by atoms with Crippen LogP contribution in [0.5, 0.6) is 0 Å². The van der Waals surface area contributed by atoms with E-state index in [1.165, 1.54) is 29.7 Å². The lowest BCUT2D eigenvalue weighted by atomic mass is 9.83. The van der Waals surface area contributed by atoms with E-state index in [1.54, 1.807) is 44.4 Å². The van der Waals surface area contributed by atoms with Gasteiger partial charge in [-0.15, -0.1) is 0 Å². The minimum atomic E-state index is -1.11. The predicted octanol–water partition coefficient (Wildman–Crippen LogP) is 4.09. The third-order valence-electron chi connectivity index (χ3n) is 9.20. The van der Waals surface area contributed by atoms with Crippen LogP contribution < -0.4 is 5.32 Å². The Bertz CT molecular complexity index is 1550. The van der Waals surface area contributed by atoms with Crippen LogP contribution in [0.25, 0.3) is 10.9 Å². The summed E-state index contributed by atoms with van der Waals surface area (Å²) in [5, 5.41) is 3.19. The fourth-order valence-electron chi connectivity index (χ4n) is 6.39. The number of rotatable bonds is 8. The lowest BCUT2D eigenvalue weighted by Crippen LogP contribution is -2.61. The number of carbonyl (C=O) groups excluding carboxylic acids is 5. The maximum Gasteiger partial charge on any atom is 0.410 e. The number of benzene rings is 1. The topological polar surface area (TPSA) is 130 Å². The van der Waals surface area contributed by atoms with E-state index in [-0.39, 0.29) is 54.6 Å². The molecule has 1 aromatic carbocycles. The first-order valence-corrected chi connectivity index (χ1v) is 16.4. The number of likely N-dealkylation sites (N-methyl/N-ethyl adjacent to an activating group) is 1. The second-order valence-electron chi connectivity index (χ2n) is 13.8. The standard InChI is InChI=1S/C34H47F2N5O7/c1-20-18-39(13-14-40(20)31(44)27-16-23-15-24(35)25(36)17-26(23)41(27)19-28(42)47-7)32(45)29(22-11-9-8-10-12-22)37-30(43)21(2)38(6)33(46)48-34(3,4)5/h15-17,20-22,29H,8-14,18-19H2,1-7H3,(H,37,43)/t20-,21-,29-/m0/s1. The van der Waals surface area contributed by atoms with Crippen LogP contribution in [0.15, 0.2) is 18.2 Å². The monoisotopic (exact) mass is 675 g/mol. The van der Waals surface area contributed by atoms with Crippen molar-refractivity contribution in [2.45, 2.75) is 97.0 Å². The van der Waals surface area contributed by atoms with E-state index >= 15 is 0 Å². The van der Waals surface area contributed by atoms with Gasteiger partial charge in [0.05, 0.1) is 12.6 Å². The molecule has 1 aromatic heterocycles. The van der Waals surface area contributed by atoms with E-state index in [1.807, 2.05) is 0 Å². The first-order chi connectivity index (χ1) is 22.5. The fraction of sp³-hybridized carbons (Fsp3) is 0.618. The Morgan fingerprint density at radius 3 is 2.27 bits per heavy atom. The van der Waals surface area contributed by atoms with Gasteiger partial charge < -0.3 is 29.2 Å². The summed E-state index contributed by atoms with van der Waals surface area (Å²) in [4.78, 5) is 70.7. The van der Waals surface area contributed by atoms with Gasteiger partial charge in [0, 0.05) is 44.2 Å². The smallest absolute Gasteiger partial charge is 0.410 e. The van der Waals surface area contributed by atoms with Crippen molar-refractivity contribution in [2.24, 2.45) is 5.92 Å². The molecule has 2 fully saturated rings. The van der Waals surface area contributed by atoms with Gasteiger partial charge in [0.1, 0.15) is 29.9 Å². The number of esters is 1. The van der Waals surface area contributed by atoms with E-state index < -0.39 is 59.2 Å². The molecule has 2 heterocycles. The Kier molecular flexibility index (Phi) is 11.4. The average Bonchev–Trinajstić information content (AvgIpc) is 3.37. The van der Waals surface area contributed by atoms with E-state index in [2.05, 4.69) is 5.32 Å². The van der Waals surface area contributed by atoms with Gasteiger partial charge in [-0.2, -0.15) is 0 Å². The minimum absolute atomic E-state index is 0.0578. The molecule has 1 aliphatic carbocycles. The highest BCUT2D eigenvalue weighted by Gasteiger charge is 2.39. The second-order valence-corrected chi connectivity index (χ2v) is 13.8. The minimum Gasteiger partial charge on any atom is -0.468 e. The van der Waals surface area contributed by atoms with Crippen LogP contribution >= 0.6 is 0 Å². The maximum atomic E-state index is 14.2. The van der Waals surface area contributed by atoms with Crippen molar-refractivity contribution in [3.8, 4) is 0 Å². The normalized spacial score (nSPS) is 18.6. The Morgan fingerprint density at radius 1 is 1.02 bits per heavy atom. The van der Waals surface area contributed by atoms with Gasteiger partial charge in [0.15, 0.2) is 11.6 Å². The third kappa shape index (κ3) is 8.24. The molecule has 264 valence electrons. The van der Waals surface area contributed by atoms with Crippen LogP contribution in [0.1, 0.15) is 77.2 Å². The van der Waals surface area contributed by atoms with Crippen molar-refractivity contribution >= 4 is 40.7 Å². The quantitative estimate of drug-likeness (QED) is 0.418. The molecular weight excluding hydrogens is 628 g/mol. The second kappa shape index (κ2) is 14.9. The molecule has 1 saturated carbocycles. The molecule has 0 bridgehead atoms. The molecule has 1 N–H and O–H groups in total. The zero-order valence-corrected chi connectivity index (χ0v) is 28.8. The molecule has 1 saturated heterocycles. The van der Waals surface area contributed by atoms with Crippen LogP contribution in [0, 0.1) is 17.6 Å². The summed E-state index contributed by atoms with van der Waals surface area (Å²) in [6, 6.07) is 1.16. The largest absolute Gasteiger partial charge is 0.468 e. The number of aromatic nitrogens is 1. The highest BCUT2D eigenvalue weighted by atomic mass is 19.2. The Balaban J connectivity index is 1.51. The lowest BCUT2D eigenvalue weighted by Gasteiger charge is -2.42. The summed E-state index contributed by atoms with van der Waals surface area (Å²) in [7, 11) is 2.67. The lowest BCUT2D eigenvalue weighted by molar-refractivity contribution is -0.141. The number of halogens is 2. The van der Waals surface area contributed by atoms with Crippen molar-refractivity contribution < 1.29 is 42.2 Å². The van der Waals surface area contributed by atoms with Gasteiger partial charge in [0.25, 0.3) is 5.91 Å². The summed E-state index contributed by atoms with van der Waals surface area (Å²) in [6.45, 7) is 8.70. The number of hydrogen-bond acceptors (Lipinski definition) is 7. The Hall–Kier alpha value is -4.23. The molecule has 4 rings (SSSR count). The molecule has 3 atom stereocenters. The van der Waals surface area contributed by atoms with Crippen molar-refractivity contribution in [2.75, 3.05) is 33.8 Å². The van der Waals surface area contributed by atoms with Crippen molar-refractivity contribution in [1.29, 1.82) is 0 Å². The van der Waals surface area contributed by atoms with Gasteiger partial charge in [-0.1, -0.05) is 19.3 Å².